The average molecular weight is 659 g/mol. The molecule has 0 bridgehead atoms. The van der Waals surface area contributed by atoms with Gasteiger partial charge in [0.2, 0.25) is 0 Å². The van der Waals surface area contributed by atoms with Gasteiger partial charge in [-0.3, -0.25) is 9.59 Å². The minimum atomic E-state index is -0.0705. The molecule has 0 aliphatic rings. The summed E-state index contributed by atoms with van der Waals surface area (Å²) in [4.78, 5) is 27.5. The summed E-state index contributed by atoms with van der Waals surface area (Å²) in [5, 5.41) is 7.00. The van der Waals surface area contributed by atoms with E-state index in [9.17, 15) is 9.59 Å². The van der Waals surface area contributed by atoms with Crippen molar-refractivity contribution in [2.75, 3.05) is 7.11 Å². The number of rotatable bonds is 11. The second kappa shape index (κ2) is 14.0. The zero-order chi connectivity index (χ0) is 26.2. The molecule has 0 amide bonds. The molecule has 0 aliphatic heterocycles. The third-order valence-corrected chi connectivity index (χ3v) is 9.41. The first-order valence-corrected chi connectivity index (χ1v) is 15.8. The summed E-state index contributed by atoms with van der Waals surface area (Å²) in [5.74, 6) is 0. The molecule has 5 nitrogen and oxygen atoms in total. The predicted molar refractivity (Wildman–Crippen MR) is 163 cm³/mol. The van der Waals surface area contributed by atoms with Crippen LogP contribution in [0.5, 0.6) is 0 Å². The van der Waals surface area contributed by atoms with E-state index in [2.05, 4.69) is 45.7 Å². The lowest BCUT2D eigenvalue weighted by Crippen LogP contribution is -2.27. The minimum Gasteiger partial charge on any atom is -0.400 e. The Morgan fingerprint density at radius 2 is 1.06 bits per heavy atom. The molecule has 0 fully saturated rings. The maximum atomic E-state index is 13.8. The van der Waals surface area contributed by atoms with Gasteiger partial charge in [-0.1, -0.05) is 52.4 Å². The molecule has 4 aromatic heterocycles. The fraction of sp³-hybridized carbons (Fsp3) is 0.481. The first-order valence-electron chi connectivity index (χ1n) is 12.6. The SMILES string of the molecule is CCCCCCn1c(=O)c(-c2cc3sc(Br)cc3n(CCCCCC)c2=O)cc2sc(Br)cc21.CO. The fourth-order valence-electron chi connectivity index (χ4n) is 4.48. The van der Waals surface area contributed by atoms with Gasteiger partial charge in [0.05, 0.1) is 39.1 Å². The number of unbranched alkanes of at least 4 members (excludes halogenated alkanes) is 6. The lowest BCUT2D eigenvalue weighted by atomic mass is 10.1. The van der Waals surface area contributed by atoms with Crippen molar-refractivity contribution < 1.29 is 5.11 Å². The Balaban J connectivity index is 0.00000176. The first-order chi connectivity index (χ1) is 17.4. The standard InChI is InChI=1S/C26H30Br2N2O2S2.CH4O/c1-3-5-7-9-11-29-19-15-23(27)33-21(19)13-17(25(29)31)18-14-22-20(16-24(28)34-22)30(26(18)32)12-10-8-6-4-2;1-2/h13-16H,3-12H2,1-2H3;2H,1H3. The van der Waals surface area contributed by atoms with E-state index in [1.807, 2.05) is 33.4 Å². The largest absolute Gasteiger partial charge is 0.400 e. The molecule has 36 heavy (non-hydrogen) atoms. The number of fused-ring (bicyclic) bond motifs is 2. The van der Waals surface area contributed by atoms with Crippen LogP contribution in [0.3, 0.4) is 0 Å². The van der Waals surface area contributed by atoms with E-state index in [1.54, 1.807) is 22.7 Å². The Morgan fingerprint density at radius 1 is 0.667 bits per heavy atom. The second-order valence-corrected chi connectivity index (χ2v) is 13.7. The van der Waals surface area contributed by atoms with Crippen LogP contribution in [0.15, 0.2) is 41.4 Å². The number of nitrogens with zero attached hydrogens (tertiary/aromatic N) is 2. The van der Waals surface area contributed by atoms with E-state index in [1.165, 1.54) is 0 Å². The van der Waals surface area contributed by atoms with Gasteiger partial charge in [0.1, 0.15) is 0 Å². The maximum Gasteiger partial charge on any atom is 0.259 e. The molecule has 0 atom stereocenters. The molecule has 0 aliphatic carbocycles. The molecule has 0 unspecified atom stereocenters. The highest BCUT2D eigenvalue weighted by Gasteiger charge is 2.19. The highest BCUT2D eigenvalue weighted by Crippen LogP contribution is 2.34. The summed E-state index contributed by atoms with van der Waals surface area (Å²) in [5.41, 5.74) is 2.77. The average Bonchev–Trinajstić information content (AvgIpc) is 3.43. The van der Waals surface area contributed by atoms with Crippen LogP contribution < -0.4 is 11.1 Å². The Hall–Kier alpha value is -1.26. The molecule has 0 aromatic carbocycles. The highest BCUT2D eigenvalue weighted by atomic mass is 79.9. The Labute approximate surface area is 237 Å². The Kier molecular flexibility index (Phi) is 11.4. The summed E-state index contributed by atoms with van der Waals surface area (Å²) in [6.45, 7) is 5.72. The number of aliphatic hydroxyl groups is 1. The summed E-state index contributed by atoms with van der Waals surface area (Å²) in [6.07, 6.45) is 8.75. The molecule has 0 spiro atoms. The molecule has 9 heteroatoms. The molecule has 4 aromatic rings. The zero-order valence-corrected chi connectivity index (χ0v) is 25.9. The molecule has 0 radical (unpaired) electrons. The van der Waals surface area contributed by atoms with E-state index in [0.717, 1.165) is 86.5 Å². The highest BCUT2D eigenvalue weighted by molar-refractivity contribution is 9.11. The summed E-state index contributed by atoms with van der Waals surface area (Å²) >= 11 is 10.4. The number of hydrogen-bond donors (Lipinski definition) is 1. The summed E-state index contributed by atoms with van der Waals surface area (Å²) in [6, 6.07) is 7.89. The van der Waals surface area contributed by atoms with E-state index in [-0.39, 0.29) is 11.1 Å². The normalized spacial score (nSPS) is 11.3. The molecular formula is C27H34Br2N2O3S2. The molecule has 0 saturated carbocycles. The third-order valence-electron chi connectivity index (χ3n) is 6.26. The van der Waals surface area contributed by atoms with Crippen molar-refractivity contribution in [1.82, 2.24) is 9.13 Å². The molecule has 4 heterocycles. The smallest absolute Gasteiger partial charge is 0.259 e. The van der Waals surface area contributed by atoms with Crippen LogP contribution in [-0.4, -0.2) is 21.4 Å². The quantitative estimate of drug-likeness (QED) is 0.165. The van der Waals surface area contributed by atoms with Crippen molar-refractivity contribution in [3.63, 3.8) is 0 Å². The second-order valence-electron chi connectivity index (χ2n) is 8.75. The van der Waals surface area contributed by atoms with E-state index in [0.29, 0.717) is 24.2 Å². The van der Waals surface area contributed by atoms with Gasteiger partial charge in [-0.2, -0.15) is 0 Å². The van der Waals surface area contributed by atoms with Crippen LogP contribution >= 0.6 is 54.5 Å². The summed E-state index contributed by atoms with van der Waals surface area (Å²) in [7, 11) is 1.00. The number of pyridine rings is 2. The van der Waals surface area contributed by atoms with Crippen LogP contribution in [-0.2, 0) is 13.1 Å². The number of aliphatic hydroxyl groups excluding tert-OH is 1. The number of hydrogen-bond acceptors (Lipinski definition) is 5. The third kappa shape index (κ3) is 6.59. The van der Waals surface area contributed by atoms with Crippen molar-refractivity contribution >= 4 is 75.0 Å². The molecular weight excluding hydrogens is 624 g/mol. The van der Waals surface area contributed by atoms with Crippen molar-refractivity contribution in [1.29, 1.82) is 0 Å². The van der Waals surface area contributed by atoms with Crippen molar-refractivity contribution in [2.24, 2.45) is 0 Å². The first kappa shape index (κ1) is 29.3. The van der Waals surface area contributed by atoms with E-state index in [4.69, 9.17) is 5.11 Å². The number of aromatic nitrogens is 2. The Morgan fingerprint density at radius 3 is 1.42 bits per heavy atom. The van der Waals surface area contributed by atoms with Crippen molar-refractivity contribution in [3.05, 3.63) is 52.5 Å². The maximum absolute atomic E-state index is 13.8. The Bertz CT molecular complexity index is 1310. The van der Waals surface area contributed by atoms with Gasteiger partial charge in [-0.05, 0) is 69.0 Å². The topological polar surface area (TPSA) is 64.2 Å². The summed E-state index contributed by atoms with van der Waals surface area (Å²) < 4.78 is 7.79. The van der Waals surface area contributed by atoms with E-state index < -0.39 is 0 Å². The van der Waals surface area contributed by atoms with Crippen LogP contribution in [0.1, 0.15) is 65.2 Å². The van der Waals surface area contributed by atoms with Crippen LogP contribution in [0, 0.1) is 0 Å². The minimum absolute atomic E-state index is 0.0705. The van der Waals surface area contributed by atoms with Gasteiger partial charge in [-0.25, -0.2) is 0 Å². The van der Waals surface area contributed by atoms with Crippen LogP contribution in [0.2, 0.25) is 0 Å². The fourth-order valence-corrected chi connectivity index (χ4v) is 7.62. The van der Waals surface area contributed by atoms with Gasteiger partial charge in [0, 0.05) is 20.2 Å². The van der Waals surface area contributed by atoms with Crippen molar-refractivity contribution in [3.8, 4) is 11.1 Å². The van der Waals surface area contributed by atoms with Gasteiger partial charge in [0.25, 0.3) is 11.1 Å². The predicted octanol–water partition coefficient (Wildman–Crippen LogP) is 8.40. The van der Waals surface area contributed by atoms with Gasteiger partial charge in [-0.15, -0.1) is 22.7 Å². The number of halogens is 2. The van der Waals surface area contributed by atoms with Crippen LogP contribution in [0.4, 0.5) is 0 Å². The molecule has 4 rings (SSSR count). The van der Waals surface area contributed by atoms with E-state index >= 15 is 0 Å². The van der Waals surface area contributed by atoms with Gasteiger partial charge < -0.3 is 14.2 Å². The van der Waals surface area contributed by atoms with Crippen LogP contribution in [0.25, 0.3) is 31.6 Å². The monoisotopic (exact) mass is 656 g/mol. The lowest BCUT2D eigenvalue weighted by molar-refractivity contribution is 0.399. The van der Waals surface area contributed by atoms with Gasteiger partial charge >= 0.3 is 0 Å². The molecule has 196 valence electrons. The molecule has 0 saturated heterocycles. The number of thiophene rings is 2. The lowest BCUT2D eigenvalue weighted by Gasteiger charge is -2.13. The zero-order valence-electron chi connectivity index (χ0n) is 21.1. The van der Waals surface area contributed by atoms with Crippen molar-refractivity contribution in [2.45, 2.75) is 78.3 Å². The van der Waals surface area contributed by atoms with Gasteiger partial charge in [0.15, 0.2) is 0 Å². The number of aryl methyl sites for hydroxylation is 2. The molecule has 1 N–H and O–H groups in total.